The lowest BCUT2D eigenvalue weighted by atomic mass is 10.2. The van der Waals surface area contributed by atoms with Crippen molar-refractivity contribution in [2.75, 3.05) is 38.1 Å². The molecule has 1 aromatic carbocycles. The Bertz CT molecular complexity index is 431. The Hall–Kier alpha value is -1.14. The Balaban J connectivity index is 2.21. The van der Waals surface area contributed by atoms with Gasteiger partial charge in [0, 0.05) is 37.9 Å². The fourth-order valence-electron chi connectivity index (χ4n) is 1.90. The van der Waals surface area contributed by atoms with E-state index in [1.165, 1.54) is 0 Å². The third-order valence-electron chi connectivity index (χ3n) is 2.99. The first kappa shape index (κ1) is 12.3. The molecule has 1 aromatic rings. The van der Waals surface area contributed by atoms with Crippen LogP contribution in [0.1, 0.15) is 0 Å². The molecule has 1 heterocycles. The number of nitro groups is 1. The van der Waals surface area contributed by atoms with Gasteiger partial charge in [0.05, 0.1) is 9.40 Å². The van der Waals surface area contributed by atoms with E-state index in [9.17, 15) is 10.1 Å². The summed E-state index contributed by atoms with van der Waals surface area (Å²) in [6.45, 7) is 3.80. The van der Waals surface area contributed by atoms with Crippen LogP contribution >= 0.6 is 15.9 Å². The summed E-state index contributed by atoms with van der Waals surface area (Å²) in [5.74, 6) is 0. The maximum atomic E-state index is 10.9. The Morgan fingerprint density at radius 2 is 1.94 bits per heavy atom. The van der Waals surface area contributed by atoms with Crippen LogP contribution in [0.3, 0.4) is 0 Å². The number of nitro benzene ring substituents is 1. The lowest BCUT2D eigenvalue weighted by Gasteiger charge is -2.33. The van der Waals surface area contributed by atoms with Crippen molar-refractivity contribution in [1.82, 2.24) is 4.90 Å². The monoisotopic (exact) mass is 299 g/mol. The van der Waals surface area contributed by atoms with Gasteiger partial charge in [0.1, 0.15) is 0 Å². The molecule has 92 valence electrons. The molecule has 6 heteroatoms. The lowest BCUT2D eigenvalue weighted by molar-refractivity contribution is -0.385. The van der Waals surface area contributed by atoms with Crippen LogP contribution in [0.15, 0.2) is 22.7 Å². The number of rotatable bonds is 2. The summed E-state index contributed by atoms with van der Waals surface area (Å²) in [6.07, 6.45) is 0. The second-order valence-electron chi connectivity index (χ2n) is 4.18. The van der Waals surface area contributed by atoms with Crippen LogP contribution < -0.4 is 4.90 Å². The van der Waals surface area contributed by atoms with Crippen LogP contribution in [0.25, 0.3) is 0 Å². The van der Waals surface area contributed by atoms with Crippen molar-refractivity contribution in [2.24, 2.45) is 0 Å². The highest BCUT2D eigenvalue weighted by Gasteiger charge is 2.18. The smallest absolute Gasteiger partial charge is 0.285 e. The number of nitrogens with zero attached hydrogens (tertiary/aromatic N) is 3. The summed E-state index contributed by atoms with van der Waals surface area (Å²) < 4.78 is 0.528. The lowest BCUT2D eigenvalue weighted by Crippen LogP contribution is -2.44. The third kappa shape index (κ3) is 2.76. The average molecular weight is 300 g/mol. The van der Waals surface area contributed by atoms with E-state index in [0.29, 0.717) is 4.47 Å². The van der Waals surface area contributed by atoms with Crippen LogP contribution in [0, 0.1) is 10.1 Å². The van der Waals surface area contributed by atoms with Gasteiger partial charge < -0.3 is 9.80 Å². The average Bonchev–Trinajstić information content (AvgIpc) is 2.30. The molecule has 0 saturated carbocycles. The molecule has 0 radical (unpaired) electrons. The molecule has 0 bridgehead atoms. The minimum absolute atomic E-state index is 0.126. The van der Waals surface area contributed by atoms with Gasteiger partial charge in [0.2, 0.25) is 0 Å². The van der Waals surface area contributed by atoms with Crippen molar-refractivity contribution in [2.45, 2.75) is 0 Å². The predicted octanol–water partition coefficient (Wildman–Crippen LogP) is 2.11. The molecule has 2 rings (SSSR count). The first-order chi connectivity index (χ1) is 8.08. The summed E-state index contributed by atoms with van der Waals surface area (Å²) in [7, 11) is 2.08. The normalized spacial score (nSPS) is 17.2. The van der Waals surface area contributed by atoms with Gasteiger partial charge in [-0.25, -0.2) is 0 Å². The molecule has 1 fully saturated rings. The zero-order chi connectivity index (χ0) is 12.4. The van der Waals surface area contributed by atoms with Crippen molar-refractivity contribution in [3.05, 3.63) is 32.8 Å². The predicted molar refractivity (Wildman–Crippen MR) is 70.5 cm³/mol. The zero-order valence-electron chi connectivity index (χ0n) is 9.60. The summed E-state index contributed by atoms with van der Waals surface area (Å²) in [5, 5.41) is 10.9. The fourth-order valence-corrected chi connectivity index (χ4v) is 2.29. The number of benzene rings is 1. The van der Waals surface area contributed by atoms with E-state index in [1.807, 2.05) is 6.07 Å². The number of likely N-dealkylation sites (N-methyl/N-ethyl adjacent to an activating group) is 1. The molecular formula is C11H14BrN3O2. The van der Waals surface area contributed by atoms with E-state index < -0.39 is 0 Å². The molecule has 1 saturated heterocycles. The van der Waals surface area contributed by atoms with Crippen molar-refractivity contribution in [3.8, 4) is 0 Å². The maximum Gasteiger partial charge on any atom is 0.285 e. The SMILES string of the molecule is CN1CCN(c2ccc(Br)c([N+](=O)[O-])c2)CC1. The maximum absolute atomic E-state index is 10.9. The second-order valence-corrected chi connectivity index (χ2v) is 5.04. The van der Waals surface area contributed by atoms with Crippen molar-refractivity contribution < 1.29 is 4.92 Å². The molecular weight excluding hydrogens is 286 g/mol. The van der Waals surface area contributed by atoms with Crippen molar-refractivity contribution in [1.29, 1.82) is 0 Å². The highest BCUT2D eigenvalue weighted by atomic mass is 79.9. The fraction of sp³-hybridized carbons (Fsp3) is 0.455. The van der Waals surface area contributed by atoms with Gasteiger partial charge >= 0.3 is 0 Å². The van der Waals surface area contributed by atoms with Gasteiger partial charge in [0.25, 0.3) is 5.69 Å². The highest BCUT2D eigenvalue weighted by molar-refractivity contribution is 9.10. The number of anilines is 1. The first-order valence-electron chi connectivity index (χ1n) is 5.45. The number of hydrogen-bond acceptors (Lipinski definition) is 4. The van der Waals surface area contributed by atoms with Crippen molar-refractivity contribution >= 4 is 27.3 Å². The third-order valence-corrected chi connectivity index (χ3v) is 3.67. The van der Waals surface area contributed by atoms with E-state index in [0.717, 1.165) is 31.9 Å². The van der Waals surface area contributed by atoms with Gasteiger partial charge in [-0.1, -0.05) is 0 Å². The van der Waals surface area contributed by atoms with Gasteiger partial charge in [-0.05, 0) is 35.1 Å². The van der Waals surface area contributed by atoms with Gasteiger partial charge in [-0.3, -0.25) is 10.1 Å². The number of piperazine rings is 1. The van der Waals surface area contributed by atoms with E-state index in [2.05, 4.69) is 32.8 Å². The summed E-state index contributed by atoms with van der Waals surface area (Å²) in [4.78, 5) is 14.9. The molecule has 0 unspecified atom stereocenters. The number of hydrogen-bond donors (Lipinski definition) is 0. The molecule has 1 aliphatic heterocycles. The van der Waals surface area contributed by atoms with Crippen LogP contribution in [0.2, 0.25) is 0 Å². The first-order valence-corrected chi connectivity index (χ1v) is 6.24. The topological polar surface area (TPSA) is 49.6 Å². The van der Waals surface area contributed by atoms with Gasteiger partial charge in [0.15, 0.2) is 0 Å². The van der Waals surface area contributed by atoms with Crippen molar-refractivity contribution in [3.63, 3.8) is 0 Å². The molecule has 0 N–H and O–H groups in total. The Morgan fingerprint density at radius 1 is 1.29 bits per heavy atom. The van der Waals surface area contributed by atoms with Crippen LogP contribution in [-0.4, -0.2) is 43.0 Å². The molecule has 0 aliphatic carbocycles. The molecule has 1 aliphatic rings. The summed E-state index contributed by atoms with van der Waals surface area (Å²) >= 11 is 3.20. The quantitative estimate of drug-likeness (QED) is 0.620. The second kappa shape index (κ2) is 5.01. The molecule has 0 spiro atoms. The van der Waals surface area contributed by atoms with E-state index >= 15 is 0 Å². The molecule has 5 nitrogen and oxygen atoms in total. The largest absolute Gasteiger partial charge is 0.369 e. The minimum atomic E-state index is -0.357. The summed E-state index contributed by atoms with van der Waals surface area (Å²) in [5.41, 5.74) is 1.05. The Kier molecular flexibility index (Phi) is 3.63. The van der Waals surface area contributed by atoms with Gasteiger partial charge in [-0.2, -0.15) is 0 Å². The Morgan fingerprint density at radius 3 is 2.53 bits per heavy atom. The molecule has 0 atom stereocenters. The zero-order valence-corrected chi connectivity index (χ0v) is 11.2. The van der Waals surface area contributed by atoms with E-state index in [1.54, 1.807) is 12.1 Å². The van der Waals surface area contributed by atoms with Gasteiger partial charge in [-0.15, -0.1) is 0 Å². The van der Waals surface area contributed by atoms with Crippen LogP contribution in [-0.2, 0) is 0 Å². The van der Waals surface area contributed by atoms with Crippen LogP contribution in [0.5, 0.6) is 0 Å². The van der Waals surface area contributed by atoms with E-state index in [-0.39, 0.29) is 10.6 Å². The molecule has 0 aromatic heterocycles. The van der Waals surface area contributed by atoms with E-state index in [4.69, 9.17) is 0 Å². The minimum Gasteiger partial charge on any atom is -0.369 e. The highest BCUT2D eigenvalue weighted by Crippen LogP contribution is 2.29. The molecule has 17 heavy (non-hydrogen) atoms. The summed E-state index contributed by atoms with van der Waals surface area (Å²) in [6, 6.07) is 5.30. The standard InChI is InChI=1S/C11H14BrN3O2/c1-13-4-6-14(7-5-13)9-2-3-10(12)11(8-9)15(16)17/h2-3,8H,4-7H2,1H3. The molecule has 0 amide bonds. The number of halogens is 1. The Labute approximate surface area is 108 Å². The van der Waals surface area contributed by atoms with Crippen LogP contribution in [0.4, 0.5) is 11.4 Å².